The Morgan fingerprint density at radius 3 is 2.63 bits per heavy atom. The average Bonchev–Trinajstić information content (AvgIpc) is 2.41. The molecule has 0 fully saturated rings. The maximum absolute atomic E-state index is 13.2. The summed E-state index contributed by atoms with van der Waals surface area (Å²) in [6.45, 7) is 3.70. The van der Waals surface area contributed by atoms with E-state index in [1.165, 1.54) is 25.3 Å². The Morgan fingerprint density at radius 2 is 2.05 bits per heavy atom. The minimum atomic E-state index is -0.842. The van der Waals surface area contributed by atoms with Crippen molar-refractivity contribution >= 4 is 11.8 Å². The number of methoxy groups -OCH3 is 1. The van der Waals surface area contributed by atoms with Gasteiger partial charge >= 0.3 is 5.97 Å². The van der Waals surface area contributed by atoms with Crippen LogP contribution < -0.4 is 0 Å². The molecule has 0 radical (unpaired) electrons. The van der Waals surface area contributed by atoms with Crippen molar-refractivity contribution in [1.82, 2.24) is 0 Å². The molecule has 0 saturated heterocycles. The van der Waals surface area contributed by atoms with Crippen LogP contribution in [0.4, 0.5) is 4.39 Å². The Hall–Kier alpha value is -1.71. The van der Waals surface area contributed by atoms with Crippen LogP contribution in [0.5, 0.6) is 0 Å². The van der Waals surface area contributed by atoms with Crippen molar-refractivity contribution in [2.75, 3.05) is 7.11 Å². The molecule has 1 aromatic rings. The number of carbonyl (C=O) groups excluding carboxylic acids is 2. The van der Waals surface area contributed by atoms with E-state index in [1.54, 1.807) is 6.92 Å². The van der Waals surface area contributed by atoms with Gasteiger partial charge < -0.3 is 4.74 Å². The summed E-state index contributed by atoms with van der Waals surface area (Å²) in [5.41, 5.74) is 0.920. The number of ketones is 1. The van der Waals surface area contributed by atoms with Crippen molar-refractivity contribution < 1.29 is 18.7 Å². The molecular formula is C15H19FO3. The second-order valence-corrected chi connectivity index (χ2v) is 4.54. The van der Waals surface area contributed by atoms with Crippen LogP contribution in [-0.2, 0) is 9.53 Å². The Kier molecular flexibility index (Phi) is 5.67. The Morgan fingerprint density at radius 1 is 1.37 bits per heavy atom. The monoisotopic (exact) mass is 266 g/mol. The average molecular weight is 266 g/mol. The molecule has 0 amide bonds. The fraction of sp³-hybridized carbons (Fsp3) is 0.467. The standard InChI is InChI=1S/C15H19FO3/c1-4-5-6-12(15(18)19-3)14(17)13-9-11(16)8-7-10(13)2/h7-9,12H,4-6H2,1-3H3. The summed E-state index contributed by atoms with van der Waals surface area (Å²) in [6, 6.07) is 4.02. The minimum absolute atomic E-state index is 0.256. The van der Waals surface area contributed by atoms with Crippen molar-refractivity contribution in [1.29, 1.82) is 0 Å². The van der Waals surface area contributed by atoms with Gasteiger partial charge in [-0.15, -0.1) is 0 Å². The molecule has 0 spiro atoms. The number of Topliss-reactive ketones (excluding diaryl/α,β-unsaturated/α-hetero) is 1. The van der Waals surface area contributed by atoms with Gasteiger partial charge in [0.15, 0.2) is 5.78 Å². The number of halogens is 1. The van der Waals surface area contributed by atoms with Crippen molar-refractivity contribution in [3.05, 3.63) is 35.1 Å². The number of benzene rings is 1. The lowest BCUT2D eigenvalue weighted by molar-refractivity contribution is -0.143. The van der Waals surface area contributed by atoms with Crippen LogP contribution in [-0.4, -0.2) is 18.9 Å². The third-order valence-electron chi connectivity index (χ3n) is 3.11. The highest BCUT2D eigenvalue weighted by atomic mass is 19.1. The first-order valence-electron chi connectivity index (χ1n) is 6.39. The zero-order valence-corrected chi connectivity index (χ0v) is 11.5. The largest absolute Gasteiger partial charge is 0.468 e. The highest BCUT2D eigenvalue weighted by Gasteiger charge is 2.28. The van der Waals surface area contributed by atoms with Gasteiger partial charge in [-0.25, -0.2) is 4.39 Å². The Bertz CT molecular complexity index is 468. The van der Waals surface area contributed by atoms with Crippen LogP contribution in [0.1, 0.15) is 42.1 Å². The predicted molar refractivity (Wildman–Crippen MR) is 70.5 cm³/mol. The van der Waals surface area contributed by atoms with Crippen LogP contribution in [0, 0.1) is 18.7 Å². The summed E-state index contributed by atoms with van der Waals surface area (Å²) in [5, 5.41) is 0. The Labute approximate surface area is 112 Å². The summed E-state index contributed by atoms with van der Waals surface area (Å²) in [6.07, 6.45) is 2.06. The van der Waals surface area contributed by atoms with E-state index in [4.69, 9.17) is 0 Å². The number of aryl methyl sites for hydroxylation is 1. The van der Waals surface area contributed by atoms with E-state index in [-0.39, 0.29) is 11.3 Å². The fourth-order valence-corrected chi connectivity index (χ4v) is 1.95. The molecule has 0 bridgehead atoms. The summed E-state index contributed by atoms with van der Waals surface area (Å²) < 4.78 is 17.9. The molecule has 0 aromatic heterocycles. The number of rotatable bonds is 6. The zero-order valence-electron chi connectivity index (χ0n) is 11.5. The number of ether oxygens (including phenoxy) is 1. The molecule has 0 aliphatic rings. The lowest BCUT2D eigenvalue weighted by Gasteiger charge is -2.14. The molecule has 1 unspecified atom stereocenters. The summed E-state index contributed by atoms with van der Waals surface area (Å²) in [4.78, 5) is 24.0. The van der Waals surface area contributed by atoms with Crippen molar-refractivity contribution in [2.45, 2.75) is 33.1 Å². The highest BCUT2D eigenvalue weighted by Crippen LogP contribution is 2.20. The highest BCUT2D eigenvalue weighted by molar-refractivity contribution is 6.09. The normalized spacial score (nSPS) is 12.0. The summed E-state index contributed by atoms with van der Waals surface area (Å²) >= 11 is 0. The van der Waals surface area contributed by atoms with Crippen molar-refractivity contribution in [2.24, 2.45) is 5.92 Å². The summed E-state index contributed by atoms with van der Waals surface area (Å²) in [7, 11) is 1.26. The molecule has 0 aliphatic heterocycles. The molecule has 1 atom stereocenters. The number of unbranched alkanes of at least 4 members (excludes halogenated alkanes) is 1. The maximum atomic E-state index is 13.2. The number of hydrogen-bond donors (Lipinski definition) is 0. The minimum Gasteiger partial charge on any atom is -0.468 e. The number of carbonyl (C=O) groups is 2. The van der Waals surface area contributed by atoms with Gasteiger partial charge in [-0.2, -0.15) is 0 Å². The first-order valence-corrected chi connectivity index (χ1v) is 6.39. The van der Waals surface area contributed by atoms with Gasteiger partial charge in [0.05, 0.1) is 7.11 Å². The van der Waals surface area contributed by atoms with E-state index >= 15 is 0 Å². The molecule has 19 heavy (non-hydrogen) atoms. The lowest BCUT2D eigenvalue weighted by Crippen LogP contribution is -2.26. The molecule has 0 saturated carbocycles. The van der Waals surface area contributed by atoms with E-state index in [2.05, 4.69) is 4.74 Å². The first kappa shape index (κ1) is 15.3. The second kappa shape index (κ2) is 7.02. The van der Waals surface area contributed by atoms with Crippen LogP contribution in [0.25, 0.3) is 0 Å². The molecule has 3 nitrogen and oxygen atoms in total. The SMILES string of the molecule is CCCCC(C(=O)OC)C(=O)c1cc(F)ccc1C. The van der Waals surface area contributed by atoms with Gasteiger partial charge in [-0.3, -0.25) is 9.59 Å². The molecule has 4 heteroatoms. The second-order valence-electron chi connectivity index (χ2n) is 4.54. The first-order chi connectivity index (χ1) is 9.01. The van der Waals surface area contributed by atoms with Gasteiger partial charge in [-0.1, -0.05) is 25.8 Å². The van der Waals surface area contributed by atoms with E-state index in [0.717, 1.165) is 12.8 Å². The van der Waals surface area contributed by atoms with Crippen LogP contribution in [0.2, 0.25) is 0 Å². The Balaban J connectivity index is 3.04. The third kappa shape index (κ3) is 3.88. The van der Waals surface area contributed by atoms with Crippen LogP contribution in [0.3, 0.4) is 0 Å². The number of esters is 1. The zero-order chi connectivity index (χ0) is 14.4. The van der Waals surface area contributed by atoms with Crippen LogP contribution in [0.15, 0.2) is 18.2 Å². The molecule has 0 heterocycles. The molecule has 0 aliphatic carbocycles. The quantitative estimate of drug-likeness (QED) is 0.451. The molecular weight excluding hydrogens is 247 g/mol. The van der Waals surface area contributed by atoms with Gasteiger partial charge in [0, 0.05) is 5.56 Å². The van der Waals surface area contributed by atoms with Crippen molar-refractivity contribution in [3.63, 3.8) is 0 Å². The fourth-order valence-electron chi connectivity index (χ4n) is 1.95. The lowest BCUT2D eigenvalue weighted by atomic mass is 9.90. The number of hydrogen-bond acceptors (Lipinski definition) is 3. The van der Waals surface area contributed by atoms with Gasteiger partial charge in [-0.05, 0) is 31.0 Å². The van der Waals surface area contributed by atoms with E-state index < -0.39 is 17.7 Å². The van der Waals surface area contributed by atoms with E-state index in [9.17, 15) is 14.0 Å². The van der Waals surface area contributed by atoms with Gasteiger partial charge in [0.25, 0.3) is 0 Å². The maximum Gasteiger partial charge on any atom is 0.316 e. The van der Waals surface area contributed by atoms with Gasteiger partial charge in [0.2, 0.25) is 0 Å². The smallest absolute Gasteiger partial charge is 0.316 e. The van der Waals surface area contributed by atoms with Crippen molar-refractivity contribution in [3.8, 4) is 0 Å². The third-order valence-corrected chi connectivity index (χ3v) is 3.11. The molecule has 104 valence electrons. The van der Waals surface area contributed by atoms with Gasteiger partial charge in [0.1, 0.15) is 11.7 Å². The van der Waals surface area contributed by atoms with E-state index in [0.29, 0.717) is 12.0 Å². The van der Waals surface area contributed by atoms with Crippen LogP contribution >= 0.6 is 0 Å². The van der Waals surface area contributed by atoms with E-state index in [1.807, 2.05) is 6.92 Å². The molecule has 1 aromatic carbocycles. The molecule has 0 N–H and O–H groups in total. The molecule has 1 rings (SSSR count). The predicted octanol–water partition coefficient (Wildman–Crippen LogP) is 3.30. The summed E-state index contributed by atoms with van der Waals surface area (Å²) in [5.74, 6) is -2.24. The topological polar surface area (TPSA) is 43.4 Å².